The van der Waals surface area contributed by atoms with E-state index in [0.717, 1.165) is 10.6 Å². The van der Waals surface area contributed by atoms with Gasteiger partial charge in [-0.15, -0.1) is 11.3 Å². The van der Waals surface area contributed by atoms with Gasteiger partial charge in [0.25, 0.3) is 0 Å². The third kappa shape index (κ3) is 3.12. The molecule has 0 saturated heterocycles. The number of ether oxygens (including phenoxy) is 1. The molecular weight excluding hydrogens is 322 g/mol. The first-order valence-corrected chi connectivity index (χ1v) is 8.00. The van der Waals surface area contributed by atoms with Crippen molar-refractivity contribution < 1.29 is 9.53 Å². The number of aromatic nitrogens is 2. The molecule has 2 heterocycles. The van der Waals surface area contributed by atoms with E-state index in [-0.39, 0.29) is 5.57 Å². The molecule has 0 atom stereocenters. The van der Waals surface area contributed by atoms with Crippen LogP contribution in [0.3, 0.4) is 0 Å². The number of carbonyl (C=O) groups excluding carboxylic acids is 1. The summed E-state index contributed by atoms with van der Waals surface area (Å²) in [7, 11) is 1.25. The van der Waals surface area contributed by atoms with Gasteiger partial charge in [0.15, 0.2) is 0 Å². The van der Waals surface area contributed by atoms with Gasteiger partial charge in [-0.1, -0.05) is 24.3 Å². The number of hydrogen-bond acceptors (Lipinski definition) is 5. The highest BCUT2D eigenvalue weighted by atomic mass is 32.1. The van der Waals surface area contributed by atoms with Crippen molar-refractivity contribution in [3.05, 3.63) is 65.2 Å². The number of nitriles is 1. The minimum atomic E-state index is -0.665. The van der Waals surface area contributed by atoms with Crippen LogP contribution in [-0.4, -0.2) is 22.9 Å². The van der Waals surface area contributed by atoms with Gasteiger partial charge in [0.2, 0.25) is 0 Å². The monoisotopic (exact) mass is 335 g/mol. The molecule has 3 aromatic rings. The minimum Gasteiger partial charge on any atom is -0.465 e. The van der Waals surface area contributed by atoms with Gasteiger partial charge >= 0.3 is 5.97 Å². The molecule has 0 bridgehead atoms. The van der Waals surface area contributed by atoms with Gasteiger partial charge in [-0.3, -0.25) is 0 Å². The first kappa shape index (κ1) is 15.7. The molecule has 24 heavy (non-hydrogen) atoms. The van der Waals surface area contributed by atoms with E-state index in [9.17, 15) is 10.1 Å². The van der Waals surface area contributed by atoms with Crippen LogP contribution in [-0.2, 0) is 9.53 Å². The van der Waals surface area contributed by atoms with Crippen LogP contribution in [0.2, 0.25) is 0 Å². The Morgan fingerprint density at radius 3 is 2.71 bits per heavy atom. The molecule has 0 aliphatic rings. The molecule has 6 heteroatoms. The summed E-state index contributed by atoms with van der Waals surface area (Å²) in [6.07, 6.45) is 3.30. The van der Waals surface area contributed by atoms with Crippen LogP contribution in [0.5, 0.6) is 0 Å². The number of methoxy groups -OCH3 is 1. The van der Waals surface area contributed by atoms with Crippen LogP contribution in [0.4, 0.5) is 0 Å². The van der Waals surface area contributed by atoms with Crippen LogP contribution >= 0.6 is 11.3 Å². The smallest absolute Gasteiger partial charge is 0.348 e. The normalized spacial score (nSPS) is 11.1. The average molecular weight is 335 g/mol. The van der Waals surface area contributed by atoms with E-state index in [1.165, 1.54) is 13.2 Å². The Morgan fingerprint density at radius 2 is 2.08 bits per heavy atom. The fraction of sp³-hybridized carbons (Fsp3) is 0.0556. The van der Waals surface area contributed by atoms with E-state index in [1.54, 1.807) is 22.2 Å². The summed E-state index contributed by atoms with van der Waals surface area (Å²) in [6.45, 7) is 0. The number of carbonyl (C=O) groups is 1. The maximum atomic E-state index is 11.7. The summed E-state index contributed by atoms with van der Waals surface area (Å²) in [5.41, 5.74) is 2.23. The molecule has 118 valence electrons. The molecule has 0 saturated carbocycles. The van der Waals surface area contributed by atoms with Gasteiger partial charge in [0.1, 0.15) is 17.3 Å². The summed E-state index contributed by atoms with van der Waals surface area (Å²) in [6, 6.07) is 15.4. The molecule has 5 nitrogen and oxygen atoms in total. The number of esters is 1. The Morgan fingerprint density at radius 1 is 1.29 bits per heavy atom. The number of thiophene rings is 1. The van der Waals surface area contributed by atoms with Gasteiger partial charge in [-0.25, -0.2) is 9.48 Å². The lowest BCUT2D eigenvalue weighted by molar-refractivity contribution is -0.135. The molecule has 0 aliphatic carbocycles. The quantitative estimate of drug-likeness (QED) is 0.414. The van der Waals surface area contributed by atoms with E-state index in [1.807, 2.05) is 53.9 Å². The first-order valence-electron chi connectivity index (χ1n) is 7.12. The lowest BCUT2D eigenvalue weighted by Gasteiger charge is -1.99. The van der Waals surface area contributed by atoms with Crippen LogP contribution in [0.25, 0.3) is 22.3 Å². The minimum absolute atomic E-state index is 0.0667. The third-order valence-electron chi connectivity index (χ3n) is 3.34. The summed E-state index contributed by atoms with van der Waals surface area (Å²) < 4.78 is 6.37. The molecule has 0 fully saturated rings. The zero-order chi connectivity index (χ0) is 16.9. The molecule has 1 aromatic carbocycles. The molecule has 3 rings (SSSR count). The molecular formula is C18H13N3O2S. The fourth-order valence-electron chi connectivity index (χ4n) is 2.21. The van der Waals surface area contributed by atoms with Gasteiger partial charge in [-0.05, 0) is 29.7 Å². The Balaban J connectivity index is 2.14. The Hall–Kier alpha value is -3.17. The van der Waals surface area contributed by atoms with E-state index in [4.69, 9.17) is 0 Å². The lowest BCUT2D eigenvalue weighted by Crippen LogP contribution is -2.02. The SMILES string of the molecule is COC(=O)/C(C#N)=C/c1cn(-c2ccccc2)nc1-c1cccs1. The van der Waals surface area contributed by atoms with Crippen LogP contribution in [0.1, 0.15) is 5.56 Å². The largest absolute Gasteiger partial charge is 0.465 e. The molecule has 2 aromatic heterocycles. The lowest BCUT2D eigenvalue weighted by atomic mass is 10.1. The van der Waals surface area contributed by atoms with Crippen molar-refractivity contribution in [1.82, 2.24) is 9.78 Å². The van der Waals surface area contributed by atoms with Crippen LogP contribution < -0.4 is 0 Å². The van der Waals surface area contributed by atoms with Crippen molar-refractivity contribution >= 4 is 23.4 Å². The van der Waals surface area contributed by atoms with Crippen molar-refractivity contribution in [1.29, 1.82) is 5.26 Å². The number of benzene rings is 1. The van der Waals surface area contributed by atoms with Crippen LogP contribution in [0, 0.1) is 11.3 Å². The Bertz CT molecular complexity index is 919. The molecule has 0 aliphatic heterocycles. The van der Waals surface area contributed by atoms with Crippen molar-refractivity contribution in [2.45, 2.75) is 0 Å². The predicted octanol–water partition coefficient (Wildman–Crippen LogP) is 3.68. The van der Waals surface area contributed by atoms with E-state index in [2.05, 4.69) is 9.84 Å². The first-order chi connectivity index (χ1) is 11.7. The van der Waals surface area contributed by atoms with Crippen LogP contribution in [0.15, 0.2) is 59.6 Å². The highest BCUT2D eigenvalue weighted by Gasteiger charge is 2.15. The maximum Gasteiger partial charge on any atom is 0.348 e. The molecule has 0 amide bonds. The topological polar surface area (TPSA) is 67.9 Å². The summed E-state index contributed by atoms with van der Waals surface area (Å²) in [4.78, 5) is 12.6. The van der Waals surface area contributed by atoms with E-state index in [0.29, 0.717) is 11.3 Å². The molecule has 0 unspecified atom stereocenters. The summed E-state index contributed by atoms with van der Waals surface area (Å²) in [5, 5.41) is 15.8. The highest BCUT2D eigenvalue weighted by Crippen LogP contribution is 2.29. The molecule has 0 radical (unpaired) electrons. The fourth-order valence-corrected chi connectivity index (χ4v) is 2.94. The van der Waals surface area contributed by atoms with Gasteiger partial charge in [0.05, 0.1) is 17.7 Å². The number of rotatable bonds is 4. The average Bonchev–Trinajstić information content (AvgIpc) is 3.29. The second-order valence-electron chi connectivity index (χ2n) is 4.85. The van der Waals surface area contributed by atoms with Crippen molar-refractivity contribution in [3.8, 4) is 22.3 Å². The Labute approximate surface area is 143 Å². The molecule has 0 N–H and O–H groups in total. The zero-order valence-corrected chi connectivity index (χ0v) is 13.7. The third-order valence-corrected chi connectivity index (χ3v) is 4.22. The summed E-state index contributed by atoms with van der Waals surface area (Å²) >= 11 is 1.54. The standard InChI is InChI=1S/C18H13N3O2S/c1-23-18(22)13(11-19)10-14-12-21(15-6-3-2-4-7-15)20-17(14)16-8-5-9-24-16/h2-10,12H,1H3/b13-10+. The number of para-hydroxylation sites is 1. The highest BCUT2D eigenvalue weighted by molar-refractivity contribution is 7.13. The second kappa shape index (κ2) is 6.94. The van der Waals surface area contributed by atoms with E-state index >= 15 is 0 Å². The van der Waals surface area contributed by atoms with E-state index < -0.39 is 5.97 Å². The summed E-state index contributed by atoms with van der Waals surface area (Å²) in [5.74, 6) is -0.665. The number of nitrogens with zero attached hydrogens (tertiary/aromatic N) is 3. The maximum absolute atomic E-state index is 11.7. The second-order valence-corrected chi connectivity index (χ2v) is 5.80. The molecule has 0 spiro atoms. The zero-order valence-electron chi connectivity index (χ0n) is 12.8. The van der Waals surface area contributed by atoms with Crippen molar-refractivity contribution in [3.63, 3.8) is 0 Å². The van der Waals surface area contributed by atoms with Gasteiger partial charge < -0.3 is 4.74 Å². The van der Waals surface area contributed by atoms with Gasteiger partial charge in [-0.2, -0.15) is 10.4 Å². The van der Waals surface area contributed by atoms with Gasteiger partial charge in [0, 0.05) is 11.8 Å². The Kier molecular flexibility index (Phi) is 4.54. The van der Waals surface area contributed by atoms with Crippen molar-refractivity contribution in [2.75, 3.05) is 7.11 Å². The number of hydrogen-bond donors (Lipinski definition) is 0. The van der Waals surface area contributed by atoms with Crippen molar-refractivity contribution in [2.24, 2.45) is 0 Å². The predicted molar refractivity (Wildman–Crippen MR) is 92.5 cm³/mol.